The van der Waals surface area contributed by atoms with E-state index >= 15 is 0 Å². The van der Waals surface area contributed by atoms with E-state index in [-0.39, 0.29) is 56.9 Å². The van der Waals surface area contributed by atoms with Crippen LogP contribution >= 0.6 is 10.7 Å². The van der Waals surface area contributed by atoms with E-state index in [1.165, 1.54) is 24.3 Å². The molecule has 4 rings (SSSR count). The second-order valence-electron chi connectivity index (χ2n) is 12.5. The highest BCUT2D eigenvalue weighted by Crippen LogP contribution is 2.15. The minimum absolute atomic E-state index is 0. The van der Waals surface area contributed by atoms with Gasteiger partial charge < -0.3 is 44.2 Å². The number of benzene rings is 4. The highest BCUT2D eigenvalue weighted by molar-refractivity contribution is 8.13. The Morgan fingerprint density at radius 3 is 1.31 bits per heavy atom. The lowest BCUT2D eigenvalue weighted by atomic mass is 10.2. The van der Waals surface area contributed by atoms with Crippen molar-refractivity contribution in [3.8, 4) is 0 Å². The van der Waals surface area contributed by atoms with Crippen LogP contribution in [0.2, 0.25) is 0 Å². The fraction of sp³-hybridized carbons (Fsp3) is 0.395. The molecular formula is C43H59ClN2O14S2. The Morgan fingerprint density at radius 2 is 0.903 bits per heavy atom. The maximum atomic E-state index is 12.0. The number of aryl methyl sites for hydroxylation is 2. The Labute approximate surface area is 370 Å². The van der Waals surface area contributed by atoms with Crippen LogP contribution < -0.4 is 10.6 Å². The minimum Gasteiger partial charge on any atom is -0.445 e. The van der Waals surface area contributed by atoms with Crippen LogP contribution in [-0.2, 0) is 65.0 Å². The number of aliphatic hydroxyl groups is 1. The van der Waals surface area contributed by atoms with E-state index < -0.39 is 31.4 Å². The SMILES string of the molecule is C.Cc1ccc(S(=O)(=O)Cl)cc1.Cc1ccc(S(=O)(=O)OCCOCCOCCNC(=O)OCc2ccccc2)cc1.O=C(NCCOCCOCCO)OCc1ccccc1. The van der Waals surface area contributed by atoms with Gasteiger partial charge >= 0.3 is 12.2 Å². The van der Waals surface area contributed by atoms with Crippen molar-refractivity contribution in [3.63, 3.8) is 0 Å². The van der Waals surface area contributed by atoms with Crippen molar-refractivity contribution in [3.05, 3.63) is 131 Å². The fourth-order valence-corrected chi connectivity index (χ4v) is 6.05. The van der Waals surface area contributed by atoms with E-state index in [0.717, 1.165) is 22.3 Å². The number of hydrogen-bond acceptors (Lipinski definition) is 14. The molecule has 0 aliphatic rings. The van der Waals surface area contributed by atoms with Gasteiger partial charge in [-0.05, 0) is 49.2 Å². The van der Waals surface area contributed by atoms with Crippen molar-refractivity contribution in [2.24, 2.45) is 0 Å². The molecule has 0 aliphatic carbocycles. The molecule has 0 heterocycles. The summed E-state index contributed by atoms with van der Waals surface area (Å²) in [7, 11) is -2.24. The Kier molecular flexibility index (Phi) is 29.5. The summed E-state index contributed by atoms with van der Waals surface area (Å²) in [5.74, 6) is 0. The first-order chi connectivity index (χ1) is 29.3. The fourth-order valence-electron chi connectivity index (χ4n) is 4.38. The molecule has 3 N–H and O–H groups in total. The Morgan fingerprint density at radius 1 is 0.532 bits per heavy atom. The molecule has 16 nitrogen and oxygen atoms in total. The van der Waals surface area contributed by atoms with Crippen LogP contribution in [0, 0.1) is 13.8 Å². The number of alkyl carbamates (subject to hydrolysis) is 2. The smallest absolute Gasteiger partial charge is 0.407 e. The molecule has 0 bridgehead atoms. The lowest BCUT2D eigenvalue weighted by molar-refractivity contribution is 0.0337. The summed E-state index contributed by atoms with van der Waals surface area (Å²) in [6.07, 6.45) is -0.973. The lowest BCUT2D eigenvalue weighted by Gasteiger charge is -2.09. The topological polar surface area (TPSA) is 211 Å². The second-order valence-corrected chi connectivity index (χ2v) is 16.7. The number of rotatable bonds is 24. The van der Waals surface area contributed by atoms with E-state index in [2.05, 4.69) is 10.6 Å². The van der Waals surface area contributed by atoms with Crippen LogP contribution in [-0.4, -0.2) is 113 Å². The van der Waals surface area contributed by atoms with Gasteiger partial charge in [-0.2, -0.15) is 8.42 Å². The van der Waals surface area contributed by atoms with E-state index in [4.69, 9.17) is 48.4 Å². The van der Waals surface area contributed by atoms with Gasteiger partial charge in [0.15, 0.2) is 0 Å². The molecule has 0 unspecified atom stereocenters. The monoisotopic (exact) mass is 926 g/mol. The number of nitrogens with one attached hydrogen (secondary N) is 2. The predicted octanol–water partition coefficient (Wildman–Crippen LogP) is 6.16. The van der Waals surface area contributed by atoms with Crippen molar-refractivity contribution in [2.45, 2.75) is 44.3 Å². The Hall–Kier alpha value is -4.63. The average Bonchev–Trinajstić information content (AvgIpc) is 3.25. The van der Waals surface area contributed by atoms with Crippen molar-refractivity contribution in [1.29, 1.82) is 0 Å². The summed E-state index contributed by atoms with van der Waals surface area (Å²) in [5, 5.41) is 13.6. The molecule has 2 amide bonds. The van der Waals surface area contributed by atoms with Gasteiger partial charge in [0.25, 0.3) is 19.2 Å². The average molecular weight is 928 g/mol. The first-order valence-corrected chi connectivity index (χ1v) is 22.8. The van der Waals surface area contributed by atoms with Crippen LogP contribution in [0.5, 0.6) is 0 Å². The van der Waals surface area contributed by atoms with Crippen LogP contribution in [0.1, 0.15) is 29.7 Å². The third-order valence-electron chi connectivity index (χ3n) is 7.51. The standard InChI is InChI=1S/C21H27NO7S.C14H21NO5.C7H7ClO2S.CH4/c1-18-7-9-20(10-8-18)30(24,25)29-16-15-27-14-13-26-12-11-22-21(23)28-17-19-5-3-2-4-6-19;16-7-9-19-11-10-18-8-6-15-14(17)20-12-13-4-2-1-3-5-13;1-6-2-4-7(5-3-6)11(8,9)10;/h2-10H,11-17H2,1H3,(H,22,23);1-5,16H,6-12H2,(H,15,17);2-5H,1H3;1H4. The summed E-state index contributed by atoms with van der Waals surface area (Å²) in [5.41, 5.74) is 3.84. The molecular weight excluding hydrogens is 868 g/mol. The maximum Gasteiger partial charge on any atom is 0.407 e. The number of aliphatic hydroxyl groups excluding tert-OH is 1. The van der Waals surface area contributed by atoms with Gasteiger partial charge in [-0.3, -0.25) is 4.18 Å². The zero-order valence-electron chi connectivity index (χ0n) is 34.2. The first-order valence-electron chi connectivity index (χ1n) is 19.1. The maximum absolute atomic E-state index is 12.0. The molecule has 62 heavy (non-hydrogen) atoms. The first kappa shape index (κ1) is 55.4. The highest BCUT2D eigenvalue weighted by Gasteiger charge is 2.14. The van der Waals surface area contributed by atoms with Gasteiger partial charge in [0.05, 0.1) is 75.9 Å². The molecule has 0 aromatic heterocycles. The molecule has 0 atom stereocenters. The van der Waals surface area contributed by atoms with Gasteiger partial charge in [-0.25, -0.2) is 18.0 Å². The van der Waals surface area contributed by atoms with E-state index in [1.54, 1.807) is 24.3 Å². The van der Waals surface area contributed by atoms with Crippen molar-refractivity contribution < 1.29 is 64.1 Å². The number of hydrogen-bond donors (Lipinski definition) is 3. The van der Waals surface area contributed by atoms with Gasteiger partial charge in [-0.1, -0.05) is 103 Å². The summed E-state index contributed by atoms with van der Waals surface area (Å²) in [6.45, 7) is 7.44. The number of halogens is 1. The van der Waals surface area contributed by atoms with Gasteiger partial charge in [0.2, 0.25) is 0 Å². The third-order valence-corrected chi connectivity index (χ3v) is 10.2. The molecule has 0 saturated carbocycles. The summed E-state index contributed by atoms with van der Waals surface area (Å²) in [4.78, 5) is 23.2. The molecule has 0 aliphatic heterocycles. The molecule has 0 fully saturated rings. The van der Waals surface area contributed by atoms with Crippen LogP contribution in [0.25, 0.3) is 0 Å². The summed E-state index contributed by atoms with van der Waals surface area (Å²) < 4.78 is 81.2. The number of carbonyl (C=O) groups excluding carboxylic acids is 2. The van der Waals surface area contributed by atoms with Crippen molar-refractivity contribution in [1.82, 2.24) is 10.6 Å². The van der Waals surface area contributed by atoms with Crippen molar-refractivity contribution in [2.75, 3.05) is 79.2 Å². The van der Waals surface area contributed by atoms with E-state index in [0.29, 0.717) is 52.7 Å². The molecule has 0 saturated heterocycles. The Bertz CT molecular complexity index is 1990. The molecule has 0 spiro atoms. The second kappa shape index (κ2) is 33.0. The van der Waals surface area contributed by atoms with Gasteiger partial charge in [0.1, 0.15) is 13.2 Å². The molecule has 344 valence electrons. The molecule has 0 radical (unpaired) electrons. The molecule has 4 aromatic rings. The predicted molar refractivity (Wildman–Crippen MR) is 235 cm³/mol. The Balaban J connectivity index is 0.000000515. The van der Waals surface area contributed by atoms with Crippen molar-refractivity contribution >= 4 is 42.0 Å². The zero-order chi connectivity index (χ0) is 44.6. The third kappa shape index (κ3) is 27.3. The summed E-state index contributed by atoms with van der Waals surface area (Å²) in [6, 6.07) is 31.7. The van der Waals surface area contributed by atoms with Crippen LogP contribution in [0.3, 0.4) is 0 Å². The summed E-state index contributed by atoms with van der Waals surface area (Å²) >= 11 is 0. The number of amides is 2. The molecule has 19 heteroatoms. The van der Waals surface area contributed by atoms with E-state index in [9.17, 15) is 26.4 Å². The van der Waals surface area contributed by atoms with Crippen LogP contribution in [0.15, 0.2) is 119 Å². The number of carbonyl (C=O) groups is 2. The normalized spacial score (nSPS) is 10.8. The van der Waals surface area contributed by atoms with E-state index in [1.807, 2.05) is 74.5 Å². The minimum atomic E-state index is -3.78. The highest BCUT2D eigenvalue weighted by atomic mass is 35.7. The molecule has 4 aromatic carbocycles. The largest absolute Gasteiger partial charge is 0.445 e. The lowest BCUT2D eigenvalue weighted by Crippen LogP contribution is -2.28. The van der Waals surface area contributed by atoms with Crippen LogP contribution in [0.4, 0.5) is 9.59 Å². The zero-order valence-corrected chi connectivity index (χ0v) is 36.6. The number of ether oxygens (including phenoxy) is 6. The van der Waals surface area contributed by atoms with Gasteiger partial charge in [-0.15, -0.1) is 0 Å². The van der Waals surface area contributed by atoms with Gasteiger partial charge in [0, 0.05) is 23.8 Å². The quantitative estimate of drug-likeness (QED) is 0.0409.